The minimum Gasteiger partial charge on any atom is -0.493 e. The highest BCUT2D eigenvalue weighted by molar-refractivity contribution is 5.93. The second-order valence-corrected chi connectivity index (χ2v) is 5.56. The predicted octanol–water partition coefficient (Wildman–Crippen LogP) is 3.14. The first kappa shape index (κ1) is 11.8. The van der Waals surface area contributed by atoms with Crippen molar-refractivity contribution in [1.29, 1.82) is 0 Å². The van der Waals surface area contributed by atoms with Crippen molar-refractivity contribution in [3.05, 3.63) is 48.6 Å². The van der Waals surface area contributed by atoms with Crippen LogP contribution < -0.4 is 10.5 Å². The third-order valence-corrected chi connectivity index (χ3v) is 4.20. The van der Waals surface area contributed by atoms with Crippen molar-refractivity contribution >= 4 is 16.5 Å². The van der Waals surface area contributed by atoms with Gasteiger partial charge in [0.25, 0.3) is 0 Å². The minimum absolute atomic E-state index is 0.246. The van der Waals surface area contributed by atoms with Crippen LogP contribution in [-0.4, -0.2) is 18.8 Å². The van der Waals surface area contributed by atoms with Crippen molar-refractivity contribution in [2.75, 3.05) is 12.3 Å². The van der Waals surface area contributed by atoms with Gasteiger partial charge in [-0.2, -0.15) is 0 Å². The summed E-state index contributed by atoms with van der Waals surface area (Å²) in [4.78, 5) is 0. The van der Waals surface area contributed by atoms with Gasteiger partial charge in [-0.05, 0) is 36.1 Å². The normalized spacial score (nSPS) is 27.3. The van der Waals surface area contributed by atoms with Crippen molar-refractivity contribution < 1.29 is 9.47 Å². The molecule has 2 aliphatic rings. The number of rotatable bonds is 3. The summed E-state index contributed by atoms with van der Waals surface area (Å²) < 4.78 is 11.7. The molecule has 2 heterocycles. The van der Waals surface area contributed by atoms with E-state index < -0.39 is 0 Å². The van der Waals surface area contributed by atoms with Crippen LogP contribution in [0, 0.1) is 5.92 Å². The van der Waals surface area contributed by atoms with Gasteiger partial charge in [0.15, 0.2) is 0 Å². The first-order valence-corrected chi connectivity index (χ1v) is 7.04. The Kier molecular flexibility index (Phi) is 2.67. The van der Waals surface area contributed by atoms with E-state index in [1.54, 1.807) is 0 Å². The zero-order valence-corrected chi connectivity index (χ0v) is 11.2. The number of nitrogens with two attached hydrogens (primary N) is 1. The van der Waals surface area contributed by atoms with Crippen LogP contribution in [0.25, 0.3) is 10.8 Å². The van der Waals surface area contributed by atoms with E-state index in [0.717, 1.165) is 28.6 Å². The molecule has 2 bridgehead atoms. The van der Waals surface area contributed by atoms with E-state index >= 15 is 0 Å². The maximum absolute atomic E-state index is 5.96. The average molecular weight is 267 g/mol. The van der Waals surface area contributed by atoms with E-state index in [9.17, 15) is 0 Å². The van der Waals surface area contributed by atoms with E-state index in [4.69, 9.17) is 15.2 Å². The quantitative estimate of drug-likeness (QED) is 0.686. The fourth-order valence-electron chi connectivity index (χ4n) is 3.10. The molecular formula is C17H17NO2. The molecule has 2 aromatic carbocycles. The Labute approximate surface area is 118 Å². The van der Waals surface area contributed by atoms with Crippen LogP contribution in [0.15, 0.2) is 48.6 Å². The third kappa shape index (κ3) is 1.95. The largest absolute Gasteiger partial charge is 0.493 e. The van der Waals surface area contributed by atoms with Crippen molar-refractivity contribution in [2.45, 2.75) is 18.6 Å². The van der Waals surface area contributed by atoms with Gasteiger partial charge in [0, 0.05) is 17.0 Å². The maximum Gasteiger partial charge on any atom is 0.119 e. The highest BCUT2D eigenvalue weighted by atomic mass is 16.5. The van der Waals surface area contributed by atoms with Gasteiger partial charge >= 0.3 is 0 Å². The van der Waals surface area contributed by atoms with E-state index in [-0.39, 0.29) is 6.10 Å². The number of fused-ring (bicyclic) bond motifs is 3. The lowest BCUT2D eigenvalue weighted by molar-refractivity contribution is 0.0981. The fourth-order valence-corrected chi connectivity index (χ4v) is 3.10. The maximum atomic E-state index is 5.96. The highest BCUT2D eigenvalue weighted by Crippen LogP contribution is 2.34. The Bertz CT molecular complexity index is 680. The molecule has 1 fully saturated rings. The molecule has 3 nitrogen and oxygen atoms in total. The number of anilines is 1. The lowest BCUT2D eigenvalue weighted by Gasteiger charge is -2.16. The Hall–Kier alpha value is -2.00. The molecule has 2 aliphatic heterocycles. The number of ether oxygens (including phenoxy) is 2. The first-order chi connectivity index (χ1) is 9.79. The number of benzene rings is 2. The van der Waals surface area contributed by atoms with Gasteiger partial charge in [0.05, 0.1) is 18.8 Å². The molecule has 0 saturated carbocycles. The Morgan fingerprint density at radius 2 is 2.15 bits per heavy atom. The van der Waals surface area contributed by atoms with Gasteiger partial charge in [-0.15, -0.1) is 0 Å². The lowest BCUT2D eigenvalue weighted by Crippen LogP contribution is -2.20. The second kappa shape index (κ2) is 4.53. The highest BCUT2D eigenvalue weighted by Gasteiger charge is 2.36. The van der Waals surface area contributed by atoms with Gasteiger partial charge in [-0.3, -0.25) is 0 Å². The zero-order valence-electron chi connectivity index (χ0n) is 11.2. The molecule has 3 atom stereocenters. The summed E-state index contributed by atoms with van der Waals surface area (Å²) in [6.07, 6.45) is 5.94. The molecule has 4 rings (SSSR count). The Morgan fingerprint density at radius 1 is 1.20 bits per heavy atom. The smallest absolute Gasteiger partial charge is 0.119 e. The fraction of sp³-hybridized carbons (Fsp3) is 0.294. The molecule has 3 unspecified atom stereocenters. The van der Waals surface area contributed by atoms with Gasteiger partial charge < -0.3 is 15.2 Å². The lowest BCUT2D eigenvalue weighted by atomic mass is 9.95. The molecule has 0 aliphatic carbocycles. The molecule has 3 heteroatoms. The molecule has 0 radical (unpaired) electrons. The van der Waals surface area contributed by atoms with Crippen LogP contribution in [0.1, 0.15) is 6.42 Å². The predicted molar refractivity (Wildman–Crippen MR) is 79.8 cm³/mol. The van der Waals surface area contributed by atoms with Crippen molar-refractivity contribution in [2.24, 2.45) is 5.92 Å². The molecular weight excluding hydrogens is 250 g/mol. The van der Waals surface area contributed by atoms with Crippen LogP contribution in [-0.2, 0) is 4.74 Å². The second-order valence-electron chi connectivity index (χ2n) is 5.56. The van der Waals surface area contributed by atoms with E-state index in [0.29, 0.717) is 18.6 Å². The summed E-state index contributed by atoms with van der Waals surface area (Å²) in [6, 6.07) is 12.0. The van der Waals surface area contributed by atoms with Crippen LogP contribution in [0.3, 0.4) is 0 Å². The van der Waals surface area contributed by atoms with Crippen molar-refractivity contribution in [3.8, 4) is 5.75 Å². The van der Waals surface area contributed by atoms with E-state index in [2.05, 4.69) is 24.3 Å². The Morgan fingerprint density at radius 3 is 2.95 bits per heavy atom. The minimum atomic E-state index is 0.246. The topological polar surface area (TPSA) is 44.5 Å². The molecule has 102 valence electrons. The van der Waals surface area contributed by atoms with Crippen molar-refractivity contribution in [1.82, 2.24) is 0 Å². The van der Waals surface area contributed by atoms with Gasteiger partial charge in [0.1, 0.15) is 5.75 Å². The summed E-state index contributed by atoms with van der Waals surface area (Å²) in [6.45, 7) is 0.708. The molecule has 1 saturated heterocycles. The van der Waals surface area contributed by atoms with Crippen LogP contribution >= 0.6 is 0 Å². The molecule has 2 N–H and O–H groups in total. The SMILES string of the molecule is Nc1cccc2cc(OCC3CC4C=CC3O4)ccc12. The van der Waals surface area contributed by atoms with Crippen LogP contribution in [0.5, 0.6) is 5.75 Å². The van der Waals surface area contributed by atoms with E-state index in [1.165, 1.54) is 0 Å². The average Bonchev–Trinajstić information content (AvgIpc) is 3.08. The van der Waals surface area contributed by atoms with Gasteiger partial charge in [-0.1, -0.05) is 24.3 Å². The number of nitrogen functional groups attached to an aromatic ring is 1. The number of hydrogen-bond acceptors (Lipinski definition) is 3. The van der Waals surface area contributed by atoms with Crippen molar-refractivity contribution in [3.63, 3.8) is 0 Å². The number of hydrogen-bond donors (Lipinski definition) is 1. The standard InChI is InChI=1S/C17H17NO2/c18-16-3-1-2-11-8-13(4-6-15(11)16)19-10-12-9-14-5-7-17(12)20-14/h1-8,12,14,17H,9-10,18H2. The first-order valence-electron chi connectivity index (χ1n) is 7.04. The van der Waals surface area contributed by atoms with Gasteiger partial charge in [0.2, 0.25) is 0 Å². The zero-order chi connectivity index (χ0) is 13.5. The molecule has 0 amide bonds. The van der Waals surface area contributed by atoms with Crippen LogP contribution in [0.4, 0.5) is 5.69 Å². The summed E-state index contributed by atoms with van der Waals surface area (Å²) in [5.41, 5.74) is 6.76. The summed E-state index contributed by atoms with van der Waals surface area (Å²) >= 11 is 0. The molecule has 20 heavy (non-hydrogen) atoms. The van der Waals surface area contributed by atoms with E-state index in [1.807, 2.05) is 24.3 Å². The Balaban J connectivity index is 1.50. The molecule has 2 aromatic rings. The third-order valence-electron chi connectivity index (χ3n) is 4.20. The summed E-state index contributed by atoms with van der Waals surface area (Å²) in [5, 5.41) is 2.19. The monoisotopic (exact) mass is 267 g/mol. The summed E-state index contributed by atoms with van der Waals surface area (Å²) in [7, 11) is 0. The summed E-state index contributed by atoms with van der Waals surface area (Å²) in [5.74, 6) is 1.37. The molecule has 0 spiro atoms. The van der Waals surface area contributed by atoms with Crippen LogP contribution in [0.2, 0.25) is 0 Å². The van der Waals surface area contributed by atoms with Gasteiger partial charge in [-0.25, -0.2) is 0 Å². The molecule has 0 aromatic heterocycles.